The van der Waals surface area contributed by atoms with Gasteiger partial charge >= 0.3 is 5.69 Å². The summed E-state index contributed by atoms with van der Waals surface area (Å²) in [5, 5.41) is 3.52. The van der Waals surface area contributed by atoms with Crippen LogP contribution in [0.25, 0.3) is 11.2 Å². The highest BCUT2D eigenvalue weighted by Crippen LogP contribution is 2.50. The number of aromatic nitrogens is 4. The van der Waals surface area contributed by atoms with E-state index in [-0.39, 0.29) is 23.7 Å². The van der Waals surface area contributed by atoms with Gasteiger partial charge in [-0.3, -0.25) is 13.9 Å². The Morgan fingerprint density at radius 1 is 1.09 bits per heavy atom. The number of aryl methyl sites for hydroxylation is 1. The van der Waals surface area contributed by atoms with Gasteiger partial charge in [0.2, 0.25) is 11.9 Å². The average molecular weight is 461 g/mol. The molecule has 34 heavy (non-hydrogen) atoms. The van der Waals surface area contributed by atoms with Crippen molar-refractivity contribution < 1.29 is 4.79 Å². The number of rotatable bonds is 4. The maximum absolute atomic E-state index is 13.4. The number of amides is 1. The summed E-state index contributed by atoms with van der Waals surface area (Å²) < 4.78 is 3.53. The van der Waals surface area contributed by atoms with Crippen molar-refractivity contribution in [3.63, 3.8) is 0 Å². The Morgan fingerprint density at radius 2 is 1.82 bits per heavy atom. The Labute approximate surface area is 199 Å². The van der Waals surface area contributed by atoms with Crippen LogP contribution in [-0.4, -0.2) is 37.6 Å². The number of anilines is 2. The molecule has 8 nitrogen and oxygen atoms in total. The molecule has 0 saturated heterocycles. The van der Waals surface area contributed by atoms with Crippen LogP contribution in [-0.2, 0) is 17.3 Å². The first-order valence-corrected chi connectivity index (χ1v) is 12.7. The Balaban J connectivity index is 1.24. The van der Waals surface area contributed by atoms with Gasteiger partial charge in [0, 0.05) is 31.4 Å². The minimum absolute atomic E-state index is 0.00755. The maximum atomic E-state index is 13.4. The van der Waals surface area contributed by atoms with E-state index in [9.17, 15) is 9.59 Å². The molecule has 2 aromatic heterocycles. The predicted octanol–water partition coefficient (Wildman–Crippen LogP) is 3.90. The van der Waals surface area contributed by atoms with Gasteiger partial charge in [-0.1, -0.05) is 31.0 Å². The molecule has 8 heteroatoms. The van der Waals surface area contributed by atoms with Crippen molar-refractivity contribution in [1.82, 2.24) is 19.1 Å². The number of hydrogen-bond acceptors (Lipinski definition) is 5. The first kappa shape index (κ1) is 21.4. The summed E-state index contributed by atoms with van der Waals surface area (Å²) in [6.07, 6.45) is 9.52. The van der Waals surface area contributed by atoms with Gasteiger partial charge < -0.3 is 10.2 Å². The van der Waals surface area contributed by atoms with E-state index in [0.29, 0.717) is 12.5 Å². The number of nitrogens with one attached hydrogen (secondary N) is 1. The van der Waals surface area contributed by atoms with Crippen molar-refractivity contribution in [2.75, 3.05) is 16.8 Å². The summed E-state index contributed by atoms with van der Waals surface area (Å²) in [7, 11) is 1.79. The van der Waals surface area contributed by atoms with Crippen LogP contribution in [0.2, 0.25) is 0 Å². The zero-order valence-corrected chi connectivity index (χ0v) is 20.0. The summed E-state index contributed by atoms with van der Waals surface area (Å²) in [4.78, 5) is 37.6. The zero-order valence-electron chi connectivity index (χ0n) is 20.0. The Hall–Kier alpha value is -3.16. The van der Waals surface area contributed by atoms with Gasteiger partial charge in [0.1, 0.15) is 5.52 Å². The van der Waals surface area contributed by atoms with Crippen LogP contribution < -0.4 is 15.9 Å². The summed E-state index contributed by atoms with van der Waals surface area (Å²) in [6.45, 7) is 2.75. The van der Waals surface area contributed by atoms with Gasteiger partial charge in [-0.15, -0.1) is 0 Å². The number of fused-ring (bicyclic) bond motifs is 3. The summed E-state index contributed by atoms with van der Waals surface area (Å²) in [5.74, 6) is 0.816. The van der Waals surface area contributed by atoms with E-state index in [4.69, 9.17) is 4.98 Å². The molecule has 1 spiro atoms. The lowest BCUT2D eigenvalue weighted by molar-refractivity contribution is -0.124. The Kier molecular flexibility index (Phi) is 5.00. The second kappa shape index (κ2) is 7.96. The van der Waals surface area contributed by atoms with Crippen molar-refractivity contribution in [2.45, 2.75) is 75.8 Å². The van der Waals surface area contributed by atoms with Crippen molar-refractivity contribution in [1.29, 1.82) is 0 Å². The second-order valence-electron chi connectivity index (χ2n) is 10.1. The SMILES string of the molecule is CCN1C(=O)C2(CCC(Nc3ncc4c(n3)n(C3CCCC3)c(=O)n4C)CC2)c2ccccc21. The molecule has 1 N–H and O–H groups in total. The number of nitrogens with zero attached hydrogens (tertiary/aromatic N) is 5. The molecule has 0 atom stereocenters. The third kappa shape index (κ3) is 3.03. The van der Waals surface area contributed by atoms with Gasteiger partial charge in [0.25, 0.3) is 0 Å². The van der Waals surface area contributed by atoms with Gasteiger partial charge in [0.15, 0.2) is 5.65 Å². The molecule has 0 unspecified atom stereocenters. The molecule has 3 heterocycles. The minimum Gasteiger partial charge on any atom is -0.351 e. The molecule has 6 rings (SSSR count). The van der Waals surface area contributed by atoms with Gasteiger partial charge in [-0.25, -0.2) is 9.78 Å². The molecule has 2 fully saturated rings. The molecule has 0 bridgehead atoms. The van der Waals surface area contributed by atoms with Crippen LogP contribution in [0, 0.1) is 0 Å². The standard InChI is InChI=1S/C26H32N6O2/c1-3-31-20-11-7-6-10-19(20)26(23(31)33)14-12-17(13-15-26)28-24-27-16-21-22(29-24)32(25(34)30(21)2)18-8-4-5-9-18/h6-7,10-11,16-18H,3-5,8-9,12-15H2,1-2H3,(H,27,28,29). The molecule has 2 saturated carbocycles. The topological polar surface area (TPSA) is 85.1 Å². The highest BCUT2D eigenvalue weighted by molar-refractivity contribution is 6.08. The number of imidazole rings is 1. The summed E-state index contributed by atoms with van der Waals surface area (Å²) >= 11 is 0. The molecule has 3 aromatic rings. The Morgan fingerprint density at radius 3 is 2.56 bits per heavy atom. The number of benzene rings is 1. The molecule has 1 aliphatic heterocycles. The van der Waals surface area contributed by atoms with E-state index in [0.717, 1.165) is 68.2 Å². The van der Waals surface area contributed by atoms with E-state index >= 15 is 0 Å². The molecule has 3 aliphatic rings. The lowest BCUT2D eigenvalue weighted by Gasteiger charge is -2.36. The fourth-order valence-electron chi connectivity index (χ4n) is 6.53. The fourth-order valence-corrected chi connectivity index (χ4v) is 6.53. The van der Waals surface area contributed by atoms with E-state index in [2.05, 4.69) is 22.4 Å². The Bertz CT molecular complexity index is 1310. The second-order valence-corrected chi connectivity index (χ2v) is 10.1. The smallest absolute Gasteiger partial charge is 0.330 e. The van der Waals surface area contributed by atoms with Crippen LogP contribution in [0.1, 0.15) is 69.9 Å². The number of carbonyl (C=O) groups excluding carboxylic acids is 1. The van der Waals surface area contributed by atoms with E-state index in [1.807, 2.05) is 28.5 Å². The lowest BCUT2D eigenvalue weighted by atomic mass is 9.69. The largest absolute Gasteiger partial charge is 0.351 e. The van der Waals surface area contributed by atoms with Gasteiger partial charge in [-0.05, 0) is 57.1 Å². The van der Waals surface area contributed by atoms with Crippen molar-refractivity contribution in [3.8, 4) is 0 Å². The van der Waals surface area contributed by atoms with E-state index < -0.39 is 5.41 Å². The highest BCUT2D eigenvalue weighted by Gasteiger charge is 2.51. The van der Waals surface area contributed by atoms with Crippen molar-refractivity contribution in [3.05, 3.63) is 46.5 Å². The third-order valence-electron chi connectivity index (χ3n) is 8.38. The van der Waals surface area contributed by atoms with E-state index in [1.165, 1.54) is 5.56 Å². The van der Waals surface area contributed by atoms with Crippen LogP contribution in [0.5, 0.6) is 0 Å². The van der Waals surface area contributed by atoms with Crippen molar-refractivity contribution in [2.24, 2.45) is 7.05 Å². The quantitative estimate of drug-likeness (QED) is 0.638. The molecule has 178 valence electrons. The molecular weight excluding hydrogens is 428 g/mol. The number of carbonyl (C=O) groups is 1. The number of hydrogen-bond donors (Lipinski definition) is 1. The monoisotopic (exact) mass is 460 g/mol. The summed E-state index contributed by atoms with van der Waals surface area (Å²) in [6, 6.07) is 8.69. The zero-order chi connectivity index (χ0) is 23.4. The lowest BCUT2D eigenvalue weighted by Crippen LogP contribution is -2.44. The third-order valence-corrected chi connectivity index (χ3v) is 8.38. The molecule has 1 aromatic carbocycles. The first-order valence-electron chi connectivity index (χ1n) is 12.7. The molecule has 0 radical (unpaired) electrons. The fraction of sp³-hybridized carbons (Fsp3) is 0.538. The van der Waals surface area contributed by atoms with Crippen LogP contribution in [0.4, 0.5) is 11.6 Å². The molecule has 1 amide bonds. The normalized spacial score (nSPS) is 24.9. The first-order chi connectivity index (χ1) is 16.5. The van der Waals surface area contributed by atoms with Crippen LogP contribution >= 0.6 is 0 Å². The summed E-state index contributed by atoms with van der Waals surface area (Å²) in [5.41, 5.74) is 3.34. The average Bonchev–Trinajstić information content (AvgIpc) is 3.52. The van der Waals surface area contributed by atoms with Crippen LogP contribution in [0.3, 0.4) is 0 Å². The van der Waals surface area contributed by atoms with Gasteiger partial charge in [0.05, 0.1) is 11.6 Å². The minimum atomic E-state index is -0.405. The highest BCUT2D eigenvalue weighted by atomic mass is 16.2. The maximum Gasteiger partial charge on any atom is 0.330 e. The van der Waals surface area contributed by atoms with E-state index in [1.54, 1.807) is 17.8 Å². The molecular formula is C26H32N6O2. The van der Waals surface area contributed by atoms with Crippen molar-refractivity contribution >= 4 is 28.7 Å². The van der Waals surface area contributed by atoms with Crippen LogP contribution in [0.15, 0.2) is 35.3 Å². The molecule has 2 aliphatic carbocycles. The number of likely N-dealkylation sites (N-methyl/N-ethyl adjacent to an activating group) is 1. The number of para-hydroxylation sites is 1. The van der Waals surface area contributed by atoms with Gasteiger partial charge in [-0.2, -0.15) is 4.98 Å². The predicted molar refractivity (Wildman–Crippen MR) is 132 cm³/mol.